The van der Waals surface area contributed by atoms with Crippen molar-refractivity contribution in [3.63, 3.8) is 0 Å². The first-order valence-electron chi connectivity index (χ1n) is 28.5. The number of unbranched alkanes of at least 4 members (excludes halogenated alkanes) is 29. The van der Waals surface area contributed by atoms with Gasteiger partial charge >= 0.3 is 11.9 Å². The third-order valence-corrected chi connectivity index (χ3v) is 12.2. The van der Waals surface area contributed by atoms with E-state index < -0.39 is 6.10 Å². The largest absolute Gasteiger partial charge is 0.462 e. The Bertz CT molecular complexity index is 1180. The lowest BCUT2D eigenvalue weighted by Gasteiger charge is -2.18. The first-order chi connectivity index (χ1) is 32.6. The minimum absolute atomic E-state index is 0.0728. The van der Waals surface area contributed by atoms with Crippen LogP contribution >= 0.6 is 0 Å². The van der Waals surface area contributed by atoms with E-state index >= 15 is 0 Å². The second-order valence-corrected chi connectivity index (χ2v) is 18.8. The number of hydrogen-bond acceptors (Lipinski definition) is 5. The van der Waals surface area contributed by atoms with Crippen LogP contribution < -0.4 is 0 Å². The molecule has 0 aromatic carbocycles. The van der Waals surface area contributed by atoms with E-state index in [-0.39, 0.29) is 25.2 Å². The summed E-state index contributed by atoms with van der Waals surface area (Å²) in [7, 11) is 0. The Balaban J connectivity index is 4.23. The Morgan fingerprint density at radius 3 is 1.08 bits per heavy atom. The molecule has 0 bridgehead atoms. The van der Waals surface area contributed by atoms with E-state index in [0.29, 0.717) is 19.4 Å². The number of allylic oxidation sites excluding steroid dienone is 12. The molecule has 5 heteroatoms. The Kier molecular flexibility index (Phi) is 54.4. The Morgan fingerprint density at radius 2 is 0.652 bits per heavy atom. The molecule has 0 radical (unpaired) electrons. The molecule has 0 saturated heterocycles. The van der Waals surface area contributed by atoms with Crippen molar-refractivity contribution >= 4 is 11.9 Å². The van der Waals surface area contributed by atoms with Crippen LogP contribution in [-0.4, -0.2) is 37.9 Å². The Morgan fingerprint density at radius 1 is 0.333 bits per heavy atom. The molecule has 0 amide bonds. The Hall–Kier alpha value is -2.66. The van der Waals surface area contributed by atoms with E-state index in [2.05, 4.69) is 93.7 Å². The molecule has 0 aliphatic carbocycles. The van der Waals surface area contributed by atoms with Crippen LogP contribution in [0.15, 0.2) is 72.9 Å². The molecule has 0 aliphatic heterocycles. The van der Waals surface area contributed by atoms with Gasteiger partial charge in [0.15, 0.2) is 6.10 Å². The van der Waals surface area contributed by atoms with Crippen LogP contribution in [0.3, 0.4) is 0 Å². The normalized spacial score (nSPS) is 12.7. The summed E-state index contributed by atoms with van der Waals surface area (Å²) in [6, 6.07) is 0. The van der Waals surface area contributed by atoms with Crippen LogP contribution in [0.2, 0.25) is 0 Å². The molecule has 0 N–H and O–H groups in total. The highest BCUT2D eigenvalue weighted by Gasteiger charge is 2.17. The SMILES string of the molecule is CCCC/C=C\CCCCCCCC(=O)OC(COCCCCCCCCCCCC/C=C\C/C=C\CCCCC)COC(=O)CCCCCCCC/C=C\C/C=C\C/C=C\CCCCC. The smallest absolute Gasteiger partial charge is 0.306 e. The maximum atomic E-state index is 12.8. The molecule has 382 valence electrons. The highest BCUT2D eigenvalue weighted by Crippen LogP contribution is 2.14. The number of rotatable bonds is 52. The van der Waals surface area contributed by atoms with Crippen molar-refractivity contribution < 1.29 is 23.8 Å². The summed E-state index contributed by atoms with van der Waals surface area (Å²) in [5, 5.41) is 0. The van der Waals surface area contributed by atoms with Crippen LogP contribution in [0, 0.1) is 0 Å². The number of esters is 2. The van der Waals surface area contributed by atoms with E-state index in [9.17, 15) is 9.59 Å². The van der Waals surface area contributed by atoms with Crippen molar-refractivity contribution in [2.45, 2.75) is 284 Å². The molecule has 66 heavy (non-hydrogen) atoms. The first kappa shape index (κ1) is 63.3. The van der Waals surface area contributed by atoms with Gasteiger partial charge in [0.1, 0.15) is 6.61 Å². The molecule has 0 fully saturated rings. The van der Waals surface area contributed by atoms with Crippen LogP contribution in [0.4, 0.5) is 0 Å². The fraction of sp³-hybridized carbons (Fsp3) is 0.770. The number of carbonyl (C=O) groups is 2. The lowest BCUT2D eigenvalue weighted by Crippen LogP contribution is -2.30. The van der Waals surface area contributed by atoms with E-state index in [0.717, 1.165) is 83.5 Å². The van der Waals surface area contributed by atoms with Gasteiger partial charge in [0.2, 0.25) is 0 Å². The van der Waals surface area contributed by atoms with Crippen LogP contribution in [-0.2, 0) is 23.8 Å². The average Bonchev–Trinajstić information content (AvgIpc) is 3.32. The standard InChI is InChI=1S/C61H108O5/c1-4-7-10-13-16-19-22-24-26-28-30-32-34-36-38-41-44-47-50-53-56-64-57-59(66-61(63)55-52-49-46-43-39-21-18-15-12-9-6-3)58-65-60(62)54-51-48-45-42-40-37-35-33-31-29-27-25-23-20-17-14-11-8-5-2/h15-20,24-27,31,33,59H,4-14,21-23,28-30,32,34-58H2,1-3H3/b18-15-,19-16-,20-17-,26-24-,27-25-,33-31-. The molecule has 0 spiro atoms. The molecule has 0 aliphatic rings. The zero-order chi connectivity index (χ0) is 47.7. The summed E-state index contributed by atoms with van der Waals surface area (Å²) in [5.41, 5.74) is 0. The summed E-state index contributed by atoms with van der Waals surface area (Å²) in [4.78, 5) is 25.4. The van der Waals surface area contributed by atoms with Gasteiger partial charge in [-0.15, -0.1) is 0 Å². The highest BCUT2D eigenvalue weighted by molar-refractivity contribution is 5.70. The second-order valence-electron chi connectivity index (χ2n) is 18.8. The van der Waals surface area contributed by atoms with E-state index in [1.54, 1.807) is 0 Å². The van der Waals surface area contributed by atoms with Crippen molar-refractivity contribution in [3.05, 3.63) is 72.9 Å². The van der Waals surface area contributed by atoms with E-state index in [4.69, 9.17) is 14.2 Å². The van der Waals surface area contributed by atoms with Gasteiger partial charge in [-0.1, -0.05) is 229 Å². The zero-order valence-electron chi connectivity index (χ0n) is 44.0. The molecule has 1 atom stereocenters. The molecule has 0 aromatic heterocycles. The Labute approximate surface area is 410 Å². The van der Waals surface area contributed by atoms with Crippen molar-refractivity contribution in [1.82, 2.24) is 0 Å². The topological polar surface area (TPSA) is 61.8 Å². The maximum Gasteiger partial charge on any atom is 0.306 e. The first-order valence-corrected chi connectivity index (χ1v) is 28.5. The fourth-order valence-electron chi connectivity index (χ4n) is 7.88. The average molecular weight is 922 g/mol. The third kappa shape index (κ3) is 54.0. The molecule has 0 saturated carbocycles. The van der Waals surface area contributed by atoms with Gasteiger partial charge < -0.3 is 14.2 Å². The minimum Gasteiger partial charge on any atom is -0.462 e. The minimum atomic E-state index is -0.549. The van der Waals surface area contributed by atoms with Gasteiger partial charge in [0.05, 0.1) is 6.61 Å². The van der Waals surface area contributed by atoms with Crippen LogP contribution in [0.25, 0.3) is 0 Å². The fourth-order valence-corrected chi connectivity index (χ4v) is 7.88. The van der Waals surface area contributed by atoms with Gasteiger partial charge in [0, 0.05) is 19.4 Å². The monoisotopic (exact) mass is 921 g/mol. The van der Waals surface area contributed by atoms with Gasteiger partial charge in [-0.25, -0.2) is 0 Å². The van der Waals surface area contributed by atoms with Crippen molar-refractivity contribution in [3.8, 4) is 0 Å². The van der Waals surface area contributed by atoms with Crippen LogP contribution in [0.5, 0.6) is 0 Å². The predicted octanol–water partition coefficient (Wildman–Crippen LogP) is 19.5. The lowest BCUT2D eigenvalue weighted by molar-refractivity contribution is -0.163. The lowest BCUT2D eigenvalue weighted by atomic mass is 10.1. The van der Waals surface area contributed by atoms with Crippen molar-refractivity contribution in [2.24, 2.45) is 0 Å². The zero-order valence-corrected chi connectivity index (χ0v) is 44.0. The van der Waals surface area contributed by atoms with E-state index in [1.807, 2.05) is 0 Å². The van der Waals surface area contributed by atoms with Crippen molar-refractivity contribution in [1.29, 1.82) is 0 Å². The summed E-state index contributed by atoms with van der Waals surface area (Å²) in [6.45, 7) is 7.73. The molecule has 5 nitrogen and oxygen atoms in total. The summed E-state index contributed by atoms with van der Waals surface area (Å²) < 4.78 is 17.4. The van der Waals surface area contributed by atoms with Gasteiger partial charge in [0.25, 0.3) is 0 Å². The highest BCUT2D eigenvalue weighted by atomic mass is 16.6. The van der Waals surface area contributed by atoms with Gasteiger partial charge in [-0.05, 0) is 109 Å². The summed E-state index contributed by atoms with van der Waals surface area (Å²) in [5.74, 6) is -0.418. The number of ether oxygens (including phenoxy) is 3. The number of hydrogen-bond donors (Lipinski definition) is 0. The molecular formula is C61H108O5. The molecular weight excluding hydrogens is 813 g/mol. The van der Waals surface area contributed by atoms with E-state index in [1.165, 1.54) is 161 Å². The van der Waals surface area contributed by atoms with Crippen molar-refractivity contribution in [2.75, 3.05) is 19.8 Å². The number of carbonyl (C=O) groups excluding carboxylic acids is 2. The van der Waals surface area contributed by atoms with Gasteiger partial charge in [-0.3, -0.25) is 9.59 Å². The predicted molar refractivity (Wildman–Crippen MR) is 288 cm³/mol. The molecule has 1 unspecified atom stereocenters. The summed E-state index contributed by atoms with van der Waals surface area (Å²) >= 11 is 0. The van der Waals surface area contributed by atoms with Crippen LogP contribution in [0.1, 0.15) is 278 Å². The second kappa shape index (κ2) is 56.7. The molecule has 0 aromatic rings. The third-order valence-electron chi connectivity index (χ3n) is 12.2. The molecule has 0 rings (SSSR count). The summed E-state index contributed by atoms with van der Waals surface area (Å²) in [6.07, 6.45) is 73.5. The quantitative estimate of drug-likeness (QED) is 0.0346. The van der Waals surface area contributed by atoms with Gasteiger partial charge in [-0.2, -0.15) is 0 Å². The maximum absolute atomic E-state index is 12.8. The molecule has 0 heterocycles.